The van der Waals surface area contributed by atoms with Crippen LogP contribution < -0.4 is 5.43 Å². The van der Waals surface area contributed by atoms with Crippen LogP contribution in [0.1, 0.15) is 20.8 Å². The summed E-state index contributed by atoms with van der Waals surface area (Å²) in [6, 6.07) is 7.88. The number of rotatable bonds is 3. The molecule has 0 saturated carbocycles. The summed E-state index contributed by atoms with van der Waals surface area (Å²) >= 11 is 7.19. The molecule has 0 aliphatic carbocycles. The maximum absolute atomic E-state index is 12.8. The number of hydrazine groups is 1. The van der Waals surface area contributed by atoms with Gasteiger partial charge in [0.1, 0.15) is 0 Å². The Labute approximate surface area is 159 Å². The Morgan fingerprint density at radius 3 is 2.65 bits per heavy atom. The summed E-state index contributed by atoms with van der Waals surface area (Å²) in [5.41, 5.74) is 1.81. The lowest BCUT2D eigenvalue weighted by molar-refractivity contribution is -0.137. The van der Waals surface area contributed by atoms with E-state index in [0.29, 0.717) is 4.88 Å². The summed E-state index contributed by atoms with van der Waals surface area (Å²) in [4.78, 5) is 25.0. The lowest BCUT2D eigenvalue weighted by Gasteiger charge is -2.14. The van der Waals surface area contributed by atoms with Crippen LogP contribution in [0.25, 0.3) is 6.08 Å². The fourth-order valence-corrected chi connectivity index (χ4v) is 3.88. The number of benzene rings is 1. The lowest BCUT2D eigenvalue weighted by atomic mass is 10.1. The quantitative estimate of drug-likeness (QED) is 0.601. The first-order valence-corrected chi connectivity index (χ1v) is 9.16. The van der Waals surface area contributed by atoms with Gasteiger partial charge in [0.05, 0.1) is 15.3 Å². The average Bonchev–Trinajstić information content (AvgIpc) is 3.19. The van der Waals surface area contributed by atoms with Crippen molar-refractivity contribution in [3.8, 4) is 0 Å². The molecule has 0 unspecified atom stereocenters. The van der Waals surface area contributed by atoms with E-state index in [2.05, 4.69) is 5.43 Å². The summed E-state index contributed by atoms with van der Waals surface area (Å²) < 4.78 is 38.5. The number of hydrogen-bond acceptors (Lipinski definition) is 5. The van der Waals surface area contributed by atoms with Crippen molar-refractivity contribution in [2.24, 2.45) is 0 Å². The number of hydrogen-bond donors (Lipinski definition) is 1. The van der Waals surface area contributed by atoms with Gasteiger partial charge in [0, 0.05) is 0 Å². The van der Waals surface area contributed by atoms with E-state index in [4.69, 9.17) is 12.2 Å². The molecule has 0 spiro atoms. The number of alkyl halides is 3. The number of thioether (sulfide) groups is 1. The second kappa shape index (κ2) is 7.22. The predicted octanol–water partition coefficient (Wildman–Crippen LogP) is 4.31. The fourth-order valence-electron chi connectivity index (χ4n) is 2.08. The molecule has 4 nitrogen and oxygen atoms in total. The molecule has 0 atom stereocenters. The minimum Gasteiger partial charge on any atom is -0.266 e. The number of thiocarbonyl (C=S) groups is 1. The highest BCUT2D eigenvalue weighted by atomic mass is 32.2. The summed E-state index contributed by atoms with van der Waals surface area (Å²) in [5.74, 6) is -1.08. The third kappa shape index (κ3) is 3.97. The van der Waals surface area contributed by atoms with E-state index in [-0.39, 0.29) is 14.8 Å². The van der Waals surface area contributed by atoms with Crippen molar-refractivity contribution in [3.05, 3.63) is 62.7 Å². The molecule has 1 saturated heterocycles. The molecular formula is C16H9F3N2O2S3. The van der Waals surface area contributed by atoms with Gasteiger partial charge in [-0.25, -0.2) is 0 Å². The van der Waals surface area contributed by atoms with Crippen LogP contribution in [0.4, 0.5) is 13.2 Å². The topological polar surface area (TPSA) is 49.4 Å². The molecule has 1 fully saturated rings. The highest BCUT2D eigenvalue weighted by Gasteiger charge is 2.34. The molecular weight excluding hydrogens is 405 g/mol. The molecule has 3 rings (SSSR count). The van der Waals surface area contributed by atoms with E-state index in [1.165, 1.54) is 29.5 Å². The first-order chi connectivity index (χ1) is 12.3. The normalized spacial score (nSPS) is 16.4. The molecule has 0 radical (unpaired) electrons. The first-order valence-electron chi connectivity index (χ1n) is 7.05. The molecule has 1 aliphatic rings. The Morgan fingerprint density at radius 2 is 2.00 bits per heavy atom. The maximum atomic E-state index is 12.8. The summed E-state index contributed by atoms with van der Waals surface area (Å²) in [6.45, 7) is 0. The van der Waals surface area contributed by atoms with Crippen molar-refractivity contribution in [3.63, 3.8) is 0 Å². The molecule has 2 heterocycles. The van der Waals surface area contributed by atoms with Crippen molar-refractivity contribution >= 4 is 57.5 Å². The second-order valence-corrected chi connectivity index (χ2v) is 7.68. The van der Waals surface area contributed by atoms with Gasteiger partial charge in [-0.15, -0.1) is 11.3 Å². The van der Waals surface area contributed by atoms with Crippen LogP contribution in [0.5, 0.6) is 0 Å². The van der Waals surface area contributed by atoms with Gasteiger partial charge in [-0.1, -0.05) is 30.0 Å². The van der Waals surface area contributed by atoms with Crippen LogP contribution in [0.3, 0.4) is 0 Å². The zero-order chi connectivity index (χ0) is 18.9. The lowest BCUT2D eigenvalue weighted by Crippen LogP contribution is -2.44. The third-order valence-corrected chi connectivity index (χ3v) is 5.43. The van der Waals surface area contributed by atoms with Gasteiger partial charge < -0.3 is 0 Å². The Hall–Kier alpha value is -2.17. The Balaban J connectivity index is 1.80. The van der Waals surface area contributed by atoms with Crippen LogP contribution in [-0.4, -0.2) is 21.1 Å². The number of nitrogens with zero attached hydrogens (tertiary/aromatic N) is 1. The first kappa shape index (κ1) is 18.6. The zero-order valence-electron chi connectivity index (χ0n) is 12.7. The minimum atomic E-state index is -4.47. The molecule has 1 aliphatic heterocycles. The standard InChI is InChI=1S/C16H9F3N2O2S3/c17-16(18,19)10-4-1-3-9(7-10)8-12-14(23)21(15(24)26-12)20-13(22)11-5-2-6-25-11/h1-8H,(H,20,22)/b12-8+. The van der Waals surface area contributed by atoms with Gasteiger partial charge in [0.15, 0.2) is 4.32 Å². The summed E-state index contributed by atoms with van der Waals surface area (Å²) in [6.07, 6.45) is -3.16. The zero-order valence-corrected chi connectivity index (χ0v) is 15.2. The van der Waals surface area contributed by atoms with Gasteiger partial charge in [0.2, 0.25) is 0 Å². The molecule has 1 aromatic heterocycles. The molecule has 1 aromatic carbocycles. The van der Waals surface area contributed by atoms with Gasteiger partial charge in [-0.2, -0.15) is 18.2 Å². The van der Waals surface area contributed by atoms with Crippen molar-refractivity contribution in [1.82, 2.24) is 10.4 Å². The van der Waals surface area contributed by atoms with Gasteiger partial charge in [0.25, 0.3) is 11.8 Å². The van der Waals surface area contributed by atoms with Crippen molar-refractivity contribution in [2.45, 2.75) is 6.18 Å². The summed E-state index contributed by atoms with van der Waals surface area (Å²) in [5, 5.41) is 2.63. The highest BCUT2D eigenvalue weighted by Crippen LogP contribution is 2.33. The number of carbonyl (C=O) groups is 2. The van der Waals surface area contributed by atoms with Crippen LogP contribution in [0, 0.1) is 0 Å². The molecule has 26 heavy (non-hydrogen) atoms. The SMILES string of the molecule is O=C(NN1C(=O)/C(=C\c2cccc(C(F)(F)F)c2)SC1=S)c1cccs1. The third-order valence-electron chi connectivity index (χ3n) is 3.26. The monoisotopic (exact) mass is 414 g/mol. The summed E-state index contributed by atoms with van der Waals surface area (Å²) in [7, 11) is 0. The van der Waals surface area contributed by atoms with E-state index >= 15 is 0 Å². The average molecular weight is 414 g/mol. The van der Waals surface area contributed by atoms with E-state index in [1.54, 1.807) is 17.5 Å². The number of amides is 2. The molecule has 10 heteroatoms. The van der Waals surface area contributed by atoms with Crippen LogP contribution in [-0.2, 0) is 11.0 Å². The Kier molecular flexibility index (Phi) is 5.17. The fraction of sp³-hybridized carbons (Fsp3) is 0.0625. The molecule has 2 aromatic rings. The van der Waals surface area contributed by atoms with Crippen molar-refractivity contribution < 1.29 is 22.8 Å². The van der Waals surface area contributed by atoms with Crippen LogP contribution in [0.15, 0.2) is 46.7 Å². The van der Waals surface area contributed by atoms with Crippen molar-refractivity contribution in [2.75, 3.05) is 0 Å². The Morgan fingerprint density at radius 1 is 1.23 bits per heavy atom. The second-order valence-electron chi connectivity index (χ2n) is 5.06. The number of nitrogens with one attached hydrogen (secondary N) is 1. The number of thiophene rings is 1. The van der Waals surface area contributed by atoms with Crippen molar-refractivity contribution in [1.29, 1.82) is 0 Å². The van der Waals surface area contributed by atoms with Crippen LogP contribution >= 0.6 is 35.3 Å². The molecule has 2 amide bonds. The molecule has 134 valence electrons. The number of carbonyl (C=O) groups excluding carboxylic acids is 2. The molecule has 1 N–H and O–H groups in total. The van der Waals surface area contributed by atoms with Gasteiger partial charge in [-0.05, 0) is 47.4 Å². The van der Waals surface area contributed by atoms with E-state index < -0.39 is 23.6 Å². The maximum Gasteiger partial charge on any atom is 0.416 e. The van der Waals surface area contributed by atoms with E-state index in [9.17, 15) is 22.8 Å². The van der Waals surface area contributed by atoms with Gasteiger partial charge in [-0.3, -0.25) is 15.0 Å². The predicted molar refractivity (Wildman–Crippen MR) is 98.2 cm³/mol. The van der Waals surface area contributed by atoms with E-state index in [0.717, 1.165) is 28.9 Å². The highest BCUT2D eigenvalue weighted by molar-refractivity contribution is 8.26. The Bertz CT molecular complexity index is 908. The number of halogens is 3. The van der Waals surface area contributed by atoms with E-state index in [1.807, 2.05) is 0 Å². The minimum absolute atomic E-state index is 0.0955. The largest absolute Gasteiger partial charge is 0.416 e. The smallest absolute Gasteiger partial charge is 0.266 e. The van der Waals surface area contributed by atoms with Gasteiger partial charge >= 0.3 is 6.18 Å². The van der Waals surface area contributed by atoms with Crippen LogP contribution in [0.2, 0.25) is 0 Å². The molecule has 0 bridgehead atoms.